The van der Waals surface area contributed by atoms with Crippen LogP contribution in [0.5, 0.6) is 5.75 Å². The molecule has 2 aromatic carbocycles. The van der Waals surface area contributed by atoms with E-state index in [9.17, 15) is 9.59 Å². The summed E-state index contributed by atoms with van der Waals surface area (Å²) in [5, 5.41) is 7.91. The maximum Gasteiger partial charge on any atom is 0.272 e. The van der Waals surface area contributed by atoms with Crippen molar-refractivity contribution in [1.82, 2.24) is 20.0 Å². The first-order chi connectivity index (χ1) is 14.9. The lowest BCUT2D eigenvalue weighted by molar-refractivity contribution is -0.130. The van der Waals surface area contributed by atoms with Crippen LogP contribution in [0.3, 0.4) is 0 Å². The number of para-hydroxylation sites is 2. The molecule has 1 unspecified atom stereocenters. The van der Waals surface area contributed by atoms with Crippen molar-refractivity contribution in [3.8, 4) is 11.4 Å². The Hall–Kier alpha value is -3.32. The number of amides is 2. The Balaban J connectivity index is 1.75. The van der Waals surface area contributed by atoms with Crippen LogP contribution < -0.4 is 10.1 Å². The number of benzene rings is 2. The van der Waals surface area contributed by atoms with E-state index in [0.717, 1.165) is 5.56 Å². The van der Waals surface area contributed by atoms with Crippen molar-refractivity contribution in [2.75, 3.05) is 20.7 Å². The van der Waals surface area contributed by atoms with E-state index in [1.54, 1.807) is 43.2 Å². The standard InChI is InChI=1S/C23H25ClN4O3/c1-4-18(16-9-5-8-12-21(16)31-15-22(29)27(2)3)25-23(30)19-13-14-28(26-19)20-11-7-6-10-17(20)24/h5-14,18H,4,15H2,1-3H3,(H,25,30). The number of aromatic nitrogens is 2. The molecule has 0 radical (unpaired) electrons. The van der Waals surface area contributed by atoms with Crippen LogP contribution in [0.15, 0.2) is 60.8 Å². The van der Waals surface area contributed by atoms with E-state index in [1.165, 1.54) is 4.90 Å². The van der Waals surface area contributed by atoms with Gasteiger partial charge < -0.3 is 15.0 Å². The molecule has 0 bridgehead atoms. The van der Waals surface area contributed by atoms with Crippen LogP contribution in [0, 0.1) is 0 Å². The van der Waals surface area contributed by atoms with Crippen LogP contribution in [0.25, 0.3) is 5.69 Å². The molecule has 1 aromatic heterocycles. The van der Waals surface area contributed by atoms with Crippen LogP contribution in [-0.4, -0.2) is 47.2 Å². The summed E-state index contributed by atoms with van der Waals surface area (Å²) in [7, 11) is 3.35. The highest BCUT2D eigenvalue weighted by Crippen LogP contribution is 2.27. The molecule has 1 heterocycles. The first kappa shape index (κ1) is 22.4. The van der Waals surface area contributed by atoms with Crippen molar-refractivity contribution < 1.29 is 14.3 Å². The van der Waals surface area contributed by atoms with Crippen molar-refractivity contribution in [2.45, 2.75) is 19.4 Å². The van der Waals surface area contributed by atoms with Gasteiger partial charge in [-0.2, -0.15) is 5.10 Å². The Morgan fingerprint density at radius 1 is 1.13 bits per heavy atom. The smallest absolute Gasteiger partial charge is 0.272 e. The van der Waals surface area contributed by atoms with Gasteiger partial charge in [-0.15, -0.1) is 0 Å². The molecular weight excluding hydrogens is 416 g/mol. The van der Waals surface area contributed by atoms with Gasteiger partial charge in [-0.3, -0.25) is 9.59 Å². The highest BCUT2D eigenvalue weighted by Gasteiger charge is 2.20. The number of halogens is 1. The van der Waals surface area contributed by atoms with Gasteiger partial charge in [0.2, 0.25) is 0 Å². The Labute approximate surface area is 186 Å². The third-order valence-electron chi connectivity index (χ3n) is 4.78. The lowest BCUT2D eigenvalue weighted by atomic mass is 10.0. The third kappa shape index (κ3) is 5.44. The number of carbonyl (C=O) groups excluding carboxylic acids is 2. The quantitative estimate of drug-likeness (QED) is 0.576. The Bertz CT molecular complexity index is 1060. The molecule has 0 aliphatic heterocycles. The minimum Gasteiger partial charge on any atom is -0.483 e. The number of nitrogens with one attached hydrogen (secondary N) is 1. The summed E-state index contributed by atoms with van der Waals surface area (Å²) in [4.78, 5) is 26.2. The minimum atomic E-state index is -0.308. The largest absolute Gasteiger partial charge is 0.483 e. The monoisotopic (exact) mass is 440 g/mol. The van der Waals surface area contributed by atoms with Crippen LogP contribution in [-0.2, 0) is 4.79 Å². The summed E-state index contributed by atoms with van der Waals surface area (Å²) in [6.07, 6.45) is 2.33. The van der Waals surface area contributed by atoms with Gasteiger partial charge >= 0.3 is 0 Å². The van der Waals surface area contributed by atoms with Crippen molar-refractivity contribution >= 4 is 23.4 Å². The van der Waals surface area contributed by atoms with Crippen LogP contribution in [0.1, 0.15) is 35.4 Å². The molecule has 3 rings (SSSR count). The fraction of sp³-hybridized carbons (Fsp3) is 0.261. The predicted molar refractivity (Wildman–Crippen MR) is 120 cm³/mol. The summed E-state index contributed by atoms with van der Waals surface area (Å²) in [5.41, 5.74) is 1.77. The Kier molecular flexibility index (Phi) is 7.31. The van der Waals surface area contributed by atoms with E-state index in [0.29, 0.717) is 22.9 Å². The van der Waals surface area contributed by atoms with Gasteiger partial charge in [0, 0.05) is 25.9 Å². The average molecular weight is 441 g/mol. The molecule has 8 heteroatoms. The highest BCUT2D eigenvalue weighted by molar-refractivity contribution is 6.32. The molecule has 0 fully saturated rings. The van der Waals surface area contributed by atoms with Crippen molar-refractivity contribution in [1.29, 1.82) is 0 Å². The van der Waals surface area contributed by atoms with E-state index in [1.807, 2.05) is 43.3 Å². The van der Waals surface area contributed by atoms with Gasteiger partial charge in [-0.25, -0.2) is 4.68 Å². The highest BCUT2D eigenvalue weighted by atomic mass is 35.5. The van der Waals surface area contributed by atoms with Crippen molar-refractivity contribution in [2.24, 2.45) is 0 Å². The van der Waals surface area contributed by atoms with Crippen LogP contribution in [0.4, 0.5) is 0 Å². The van der Waals surface area contributed by atoms with Crippen molar-refractivity contribution in [3.05, 3.63) is 77.1 Å². The topological polar surface area (TPSA) is 76.5 Å². The molecule has 0 spiro atoms. The number of hydrogen-bond donors (Lipinski definition) is 1. The summed E-state index contributed by atoms with van der Waals surface area (Å²) >= 11 is 6.22. The molecule has 7 nitrogen and oxygen atoms in total. The second-order valence-electron chi connectivity index (χ2n) is 7.15. The van der Waals surface area contributed by atoms with Crippen molar-refractivity contribution in [3.63, 3.8) is 0 Å². The van der Waals surface area contributed by atoms with Gasteiger partial charge in [0.1, 0.15) is 5.75 Å². The maximum atomic E-state index is 12.9. The number of carbonyl (C=O) groups is 2. The van der Waals surface area contributed by atoms with Gasteiger partial charge in [0.05, 0.1) is 16.8 Å². The number of nitrogens with zero attached hydrogens (tertiary/aromatic N) is 3. The normalized spacial score (nSPS) is 11.6. The molecule has 1 atom stereocenters. The lowest BCUT2D eigenvalue weighted by Crippen LogP contribution is -2.30. The van der Waals surface area contributed by atoms with E-state index < -0.39 is 0 Å². The predicted octanol–water partition coefficient (Wildman–Crippen LogP) is 3.87. The first-order valence-electron chi connectivity index (χ1n) is 9.94. The summed E-state index contributed by atoms with van der Waals surface area (Å²) in [6.45, 7) is 1.89. The van der Waals surface area contributed by atoms with Gasteiger partial charge in [0.15, 0.2) is 12.3 Å². The third-order valence-corrected chi connectivity index (χ3v) is 5.10. The number of rotatable bonds is 8. The molecule has 0 aliphatic carbocycles. The van der Waals surface area contributed by atoms with E-state index >= 15 is 0 Å². The SMILES string of the molecule is CCC(NC(=O)c1ccn(-c2ccccc2Cl)n1)c1ccccc1OCC(=O)N(C)C. The van der Waals surface area contributed by atoms with E-state index in [4.69, 9.17) is 16.3 Å². The van der Waals surface area contributed by atoms with Crippen LogP contribution >= 0.6 is 11.6 Å². The fourth-order valence-corrected chi connectivity index (χ4v) is 3.24. The number of ether oxygens (including phenoxy) is 1. The molecule has 0 aliphatic rings. The molecule has 3 aromatic rings. The Morgan fingerprint density at radius 2 is 1.84 bits per heavy atom. The molecular formula is C23H25ClN4O3. The van der Waals surface area contributed by atoms with E-state index in [-0.39, 0.29) is 30.2 Å². The lowest BCUT2D eigenvalue weighted by Gasteiger charge is -2.20. The molecule has 162 valence electrons. The Morgan fingerprint density at radius 3 is 2.55 bits per heavy atom. The maximum absolute atomic E-state index is 12.9. The van der Waals surface area contributed by atoms with Gasteiger partial charge in [-0.05, 0) is 30.7 Å². The van der Waals surface area contributed by atoms with Gasteiger partial charge in [0.25, 0.3) is 11.8 Å². The second kappa shape index (κ2) is 10.1. The second-order valence-corrected chi connectivity index (χ2v) is 7.55. The average Bonchev–Trinajstić information content (AvgIpc) is 3.26. The summed E-state index contributed by atoms with van der Waals surface area (Å²) in [5.74, 6) is 0.111. The molecule has 31 heavy (non-hydrogen) atoms. The van der Waals surface area contributed by atoms with Gasteiger partial charge in [-0.1, -0.05) is 48.9 Å². The number of hydrogen-bond acceptors (Lipinski definition) is 4. The summed E-state index contributed by atoms with van der Waals surface area (Å²) in [6, 6.07) is 16.0. The fourth-order valence-electron chi connectivity index (χ4n) is 3.02. The number of likely N-dealkylation sites (N-methyl/N-ethyl adjacent to an activating group) is 1. The molecule has 1 N–H and O–H groups in total. The van der Waals surface area contributed by atoms with Crippen LogP contribution in [0.2, 0.25) is 5.02 Å². The molecule has 2 amide bonds. The zero-order chi connectivity index (χ0) is 22.4. The summed E-state index contributed by atoms with van der Waals surface area (Å²) < 4.78 is 7.30. The zero-order valence-corrected chi connectivity index (χ0v) is 18.5. The molecule has 0 saturated carbocycles. The van der Waals surface area contributed by atoms with E-state index in [2.05, 4.69) is 10.4 Å². The zero-order valence-electron chi connectivity index (χ0n) is 17.7. The molecule has 0 saturated heterocycles. The first-order valence-corrected chi connectivity index (χ1v) is 10.3. The minimum absolute atomic E-state index is 0.0728.